The number of allylic oxidation sites excluding steroid dienone is 2. The van der Waals surface area contributed by atoms with E-state index in [0.29, 0.717) is 5.75 Å². The third kappa shape index (κ3) is 2.30. The summed E-state index contributed by atoms with van der Waals surface area (Å²) >= 11 is 0. The summed E-state index contributed by atoms with van der Waals surface area (Å²) in [4.78, 5) is 0. The molecule has 0 heterocycles. The molecular formula is C32H32O2. The molecule has 34 heavy (non-hydrogen) atoms. The summed E-state index contributed by atoms with van der Waals surface area (Å²) in [5.74, 6) is 0.484. The highest BCUT2D eigenvalue weighted by Crippen LogP contribution is 2.65. The van der Waals surface area contributed by atoms with Crippen LogP contribution in [0.2, 0.25) is 0 Å². The van der Waals surface area contributed by atoms with Gasteiger partial charge < -0.3 is 10.2 Å². The molecule has 3 atom stereocenters. The zero-order valence-electron chi connectivity index (χ0n) is 20.8. The number of aliphatic hydroxyl groups excluding tert-OH is 1. The molecule has 3 aliphatic carbocycles. The molecule has 0 fully saturated rings. The molecule has 2 heteroatoms. The van der Waals surface area contributed by atoms with E-state index in [1.54, 1.807) is 0 Å². The highest BCUT2D eigenvalue weighted by Gasteiger charge is 2.56. The van der Waals surface area contributed by atoms with Gasteiger partial charge in [0.15, 0.2) is 0 Å². The van der Waals surface area contributed by atoms with E-state index in [0.717, 1.165) is 11.1 Å². The van der Waals surface area contributed by atoms with Crippen LogP contribution in [0.3, 0.4) is 0 Å². The van der Waals surface area contributed by atoms with Crippen LogP contribution in [0.1, 0.15) is 67.0 Å². The number of benzene rings is 3. The fourth-order valence-corrected chi connectivity index (χ4v) is 7.41. The molecule has 3 aromatic rings. The van der Waals surface area contributed by atoms with Gasteiger partial charge in [0.25, 0.3) is 0 Å². The van der Waals surface area contributed by atoms with E-state index < -0.39 is 11.5 Å². The molecule has 6 rings (SSSR count). The number of fused-ring (bicyclic) bond motifs is 8. The van der Waals surface area contributed by atoms with Crippen molar-refractivity contribution in [1.29, 1.82) is 0 Å². The van der Waals surface area contributed by atoms with Crippen LogP contribution < -0.4 is 0 Å². The number of rotatable bonds is 0. The van der Waals surface area contributed by atoms with Crippen molar-refractivity contribution in [3.05, 3.63) is 110 Å². The fourth-order valence-electron chi connectivity index (χ4n) is 7.41. The highest BCUT2D eigenvalue weighted by molar-refractivity contribution is 5.88. The van der Waals surface area contributed by atoms with Gasteiger partial charge in [0.1, 0.15) is 5.75 Å². The second-order valence-corrected chi connectivity index (χ2v) is 10.5. The van der Waals surface area contributed by atoms with Crippen LogP contribution in [0.4, 0.5) is 0 Å². The summed E-state index contributed by atoms with van der Waals surface area (Å²) in [6.07, 6.45) is -0.524. The molecule has 2 nitrogen and oxygen atoms in total. The molecule has 0 bridgehead atoms. The van der Waals surface area contributed by atoms with Gasteiger partial charge in [-0.1, -0.05) is 62.4 Å². The minimum absolute atomic E-state index is 0.0442. The normalized spacial score (nSPS) is 24.1. The van der Waals surface area contributed by atoms with Gasteiger partial charge in [-0.15, -0.1) is 0 Å². The summed E-state index contributed by atoms with van der Waals surface area (Å²) in [5.41, 5.74) is 14.0. The van der Waals surface area contributed by atoms with Gasteiger partial charge in [0.2, 0.25) is 0 Å². The van der Waals surface area contributed by atoms with E-state index in [2.05, 4.69) is 83.1 Å². The molecule has 2 N–H and O–H groups in total. The van der Waals surface area contributed by atoms with Crippen molar-refractivity contribution < 1.29 is 10.2 Å². The van der Waals surface area contributed by atoms with Gasteiger partial charge in [0, 0.05) is 11.8 Å². The average molecular weight is 449 g/mol. The Morgan fingerprint density at radius 3 is 1.91 bits per heavy atom. The lowest BCUT2D eigenvalue weighted by atomic mass is 9.53. The van der Waals surface area contributed by atoms with Crippen molar-refractivity contribution in [2.75, 3.05) is 0 Å². The van der Waals surface area contributed by atoms with E-state index in [1.165, 1.54) is 55.7 Å². The van der Waals surface area contributed by atoms with Crippen LogP contribution in [-0.4, -0.2) is 16.3 Å². The maximum atomic E-state index is 11.4. The predicted octanol–water partition coefficient (Wildman–Crippen LogP) is 7.08. The Bertz CT molecular complexity index is 1410. The van der Waals surface area contributed by atoms with Gasteiger partial charge in [0.05, 0.1) is 11.5 Å². The van der Waals surface area contributed by atoms with Gasteiger partial charge >= 0.3 is 0 Å². The Hall–Kier alpha value is -3.10. The lowest BCUT2D eigenvalue weighted by Crippen LogP contribution is -2.44. The minimum atomic E-state index is -0.539. The van der Waals surface area contributed by atoms with Gasteiger partial charge in [-0.2, -0.15) is 0 Å². The van der Waals surface area contributed by atoms with Crippen molar-refractivity contribution >= 4 is 0 Å². The maximum absolute atomic E-state index is 11.4. The molecule has 3 unspecified atom stereocenters. The summed E-state index contributed by atoms with van der Waals surface area (Å²) in [6, 6.07) is 19.5. The Morgan fingerprint density at radius 1 is 0.765 bits per heavy atom. The molecule has 3 aliphatic rings. The predicted molar refractivity (Wildman–Crippen MR) is 138 cm³/mol. The second-order valence-electron chi connectivity index (χ2n) is 10.5. The number of phenolic OH excluding ortho intramolecular Hbond substituents is 1. The third-order valence-corrected chi connectivity index (χ3v) is 9.21. The molecule has 0 aromatic heterocycles. The molecule has 0 aliphatic heterocycles. The number of hydrogen-bond acceptors (Lipinski definition) is 2. The molecule has 0 amide bonds. The number of hydrogen-bond donors (Lipinski definition) is 2. The van der Waals surface area contributed by atoms with Crippen molar-refractivity contribution in [1.82, 2.24) is 0 Å². The lowest BCUT2D eigenvalue weighted by molar-refractivity contribution is 0.157. The zero-order chi connectivity index (χ0) is 24.1. The molecule has 0 radical (unpaired) electrons. The van der Waals surface area contributed by atoms with E-state index in [4.69, 9.17) is 0 Å². The summed E-state index contributed by atoms with van der Waals surface area (Å²) in [6.45, 7) is 12.9. The Labute approximate surface area is 202 Å². The first-order valence-electron chi connectivity index (χ1n) is 12.4. The molecule has 0 saturated carbocycles. The van der Waals surface area contributed by atoms with Crippen molar-refractivity contribution in [2.45, 2.75) is 59.0 Å². The number of aromatic hydroxyl groups is 1. The first kappa shape index (κ1) is 21.4. The van der Waals surface area contributed by atoms with Crippen LogP contribution >= 0.6 is 0 Å². The second kappa shape index (κ2) is 6.96. The number of aliphatic hydroxyl groups is 1. The van der Waals surface area contributed by atoms with Gasteiger partial charge in [-0.05, 0) is 101 Å². The Kier molecular flexibility index (Phi) is 4.39. The van der Waals surface area contributed by atoms with E-state index in [1.807, 2.05) is 13.0 Å². The number of phenols is 1. The third-order valence-electron chi connectivity index (χ3n) is 9.21. The van der Waals surface area contributed by atoms with E-state index in [-0.39, 0.29) is 11.8 Å². The summed E-state index contributed by atoms with van der Waals surface area (Å²) in [5, 5.41) is 22.6. The maximum Gasteiger partial charge on any atom is 0.119 e. The van der Waals surface area contributed by atoms with E-state index in [9.17, 15) is 10.2 Å². The van der Waals surface area contributed by atoms with Crippen molar-refractivity contribution in [3.63, 3.8) is 0 Å². The quantitative estimate of drug-likeness (QED) is 0.386. The van der Waals surface area contributed by atoms with Crippen LogP contribution in [-0.2, 0) is 5.41 Å². The zero-order valence-corrected chi connectivity index (χ0v) is 20.8. The van der Waals surface area contributed by atoms with Crippen LogP contribution in [0.5, 0.6) is 5.75 Å². The van der Waals surface area contributed by atoms with Crippen LogP contribution in [0, 0.1) is 19.8 Å². The monoisotopic (exact) mass is 448 g/mol. The first-order valence-corrected chi connectivity index (χ1v) is 12.4. The summed E-state index contributed by atoms with van der Waals surface area (Å²) < 4.78 is 0. The van der Waals surface area contributed by atoms with E-state index >= 15 is 0 Å². The van der Waals surface area contributed by atoms with Gasteiger partial charge in [-0.3, -0.25) is 0 Å². The Morgan fingerprint density at radius 2 is 1.32 bits per heavy atom. The lowest BCUT2D eigenvalue weighted by Gasteiger charge is -2.50. The Balaban J connectivity index is 1.90. The van der Waals surface area contributed by atoms with Gasteiger partial charge in [-0.25, -0.2) is 0 Å². The molecular weight excluding hydrogens is 416 g/mol. The molecule has 0 saturated heterocycles. The largest absolute Gasteiger partial charge is 0.508 e. The standard InChI is InChI=1S/C32H32O2/c1-16-17(2)28-20(5)29-18(3)19(4)31(34)21(6)30(29)32(26(28)15-27(16)33)24-13-9-7-11-22(24)23-12-8-10-14-25(23)32/h7-15,20-21,31,33-34H,1-6H3. The first-order chi connectivity index (χ1) is 16.2. The van der Waals surface area contributed by atoms with Crippen LogP contribution in [0.15, 0.2) is 76.9 Å². The minimum Gasteiger partial charge on any atom is -0.508 e. The highest BCUT2D eigenvalue weighted by atomic mass is 16.3. The fraction of sp³-hybridized carbons (Fsp3) is 0.312. The van der Waals surface area contributed by atoms with Crippen LogP contribution in [0.25, 0.3) is 11.1 Å². The van der Waals surface area contributed by atoms with Crippen molar-refractivity contribution in [2.24, 2.45) is 5.92 Å². The van der Waals surface area contributed by atoms with Crippen molar-refractivity contribution in [3.8, 4) is 16.9 Å². The summed E-state index contributed by atoms with van der Waals surface area (Å²) in [7, 11) is 0. The molecule has 172 valence electrons. The average Bonchev–Trinajstić information content (AvgIpc) is 3.13. The molecule has 1 spiro atoms. The molecule has 3 aromatic carbocycles. The topological polar surface area (TPSA) is 40.5 Å². The smallest absolute Gasteiger partial charge is 0.119 e. The SMILES string of the molecule is CC1=C(C)C(O)C(C)C2=C1C(C)c1c(cc(O)c(C)c1C)C21c2ccccc2-c2ccccc21.